The average Bonchev–Trinajstić information content (AvgIpc) is 3.48. The van der Waals surface area contributed by atoms with Crippen molar-refractivity contribution in [1.82, 2.24) is 29.9 Å². The van der Waals surface area contributed by atoms with Gasteiger partial charge in [-0.3, -0.25) is 19.8 Å². The third-order valence-corrected chi connectivity index (χ3v) is 7.58. The fourth-order valence-corrected chi connectivity index (χ4v) is 5.52. The van der Waals surface area contributed by atoms with Crippen LogP contribution in [0.3, 0.4) is 0 Å². The Balaban J connectivity index is 1.35. The monoisotopic (exact) mass is 451 g/mol. The second kappa shape index (κ2) is 8.13. The number of amides is 3. The van der Waals surface area contributed by atoms with Crippen LogP contribution in [0, 0.1) is 0 Å². The zero-order valence-electron chi connectivity index (χ0n) is 19.9. The van der Waals surface area contributed by atoms with E-state index in [1.165, 1.54) is 6.42 Å². The van der Waals surface area contributed by atoms with Crippen molar-refractivity contribution in [3.63, 3.8) is 0 Å². The molecule has 9 nitrogen and oxygen atoms in total. The van der Waals surface area contributed by atoms with E-state index >= 15 is 0 Å². The van der Waals surface area contributed by atoms with Crippen LogP contribution in [-0.4, -0.2) is 73.5 Å². The number of carbonyl (C=O) groups is 2. The summed E-state index contributed by atoms with van der Waals surface area (Å²) in [6, 6.07) is 4.40. The zero-order chi connectivity index (χ0) is 23.3. The van der Waals surface area contributed by atoms with E-state index in [0.29, 0.717) is 24.1 Å². The van der Waals surface area contributed by atoms with Gasteiger partial charge in [0.1, 0.15) is 5.69 Å². The van der Waals surface area contributed by atoms with Crippen molar-refractivity contribution >= 4 is 17.8 Å². The van der Waals surface area contributed by atoms with Crippen LogP contribution in [0.5, 0.6) is 0 Å². The molecule has 5 rings (SSSR count). The number of pyridine rings is 1. The lowest BCUT2D eigenvalue weighted by Gasteiger charge is -2.45. The molecule has 33 heavy (non-hydrogen) atoms. The van der Waals surface area contributed by atoms with E-state index in [1.807, 2.05) is 36.6 Å². The molecule has 2 saturated heterocycles. The fraction of sp³-hybridized carbons (Fsp3) is 0.583. The number of hydrogen-bond acceptors (Lipinski definition) is 5. The number of fused-ring (bicyclic) bond motifs is 2. The Morgan fingerprint density at radius 2 is 2.12 bits per heavy atom. The predicted octanol–water partition coefficient (Wildman–Crippen LogP) is 2.96. The molecule has 2 aromatic heterocycles. The van der Waals surface area contributed by atoms with Crippen LogP contribution in [0.1, 0.15) is 67.8 Å². The molecule has 0 bridgehead atoms. The van der Waals surface area contributed by atoms with E-state index in [0.717, 1.165) is 49.3 Å². The van der Waals surface area contributed by atoms with Crippen molar-refractivity contribution < 1.29 is 9.59 Å². The van der Waals surface area contributed by atoms with Gasteiger partial charge in [0.05, 0.1) is 17.8 Å². The van der Waals surface area contributed by atoms with Crippen molar-refractivity contribution in [2.75, 3.05) is 25.0 Å². The Morgan fingerprint density at radius 1 is 1.30 bits per heavy atom. The smallest absolute Gasteiger partial charge is 0.319 e. The van der Waals surface area contributed by atoms with Gasteiger partial charge >= 0.3 is 6.03 Å². The van der Waals surface area contributed by atoms with Gasteiger partial charge < -0.3 is 15.1 Å². The van der Waals surface area contributed by atoms with Crippen LogP contribution in [-0.2, 0) is 18.5 Å². The lowest BCUT2D eigenvalue weighted by atomic mass is 10.0. The first kappa shape index (κ1) is 21.9. The molecule has 3 aliphatic heterocycles. The molecule has 0 unspecified atom stereocenters. The summed E-state index contributed by atoms with van der Waals surface area (Å²) in [5.74, 6) is 0.170. The van der Waals surface area contributed by atoms with Gasteiger partial charge in [0.25, 0.3) is 5.91 Å². The second-order valence-electron chi connectivity index (χ2n) is 10.0. The topological polar surface area (TPSA) is 97.5 Å². The number of rotatable bonds is 3. The zero-order valence-corrected chi connectivity index (χ0v) is 19.9. The van der Waals surface area contributed by atoms with Gasteiger partial charge in [-0.1, -0.05) is 6.92 Å². The molecule has 0 saturated carbocycles. The highest BCUT2D eigenvalue weighted by molar-refractivity contribution is 6.03. The number of nitrogens with zero attached hydrogens (tertiary/aromatic N) is 5. The minimum absolute atomic E-state index is 0.0539. The Labute approximate surface area is 194 Å². The Hall–Kier alpha value is -2.94. The third-order valence-electron chi connectivity index (χ3n) is 7.58. The molecule has 2 N–H and O–H groups in total. The summed E-state index contributed by atoms with van der Waals surface area (Å²) in [5.41, 5.74) is 2.60. The number of hydrogen-bond donors (Lipinski definition) is 2. The van der Waals surface area contributed by atoms with Gasteiger partial charge in [-0.15, -0.1) is 0 Å². The minimum atomic E-state index is -0.546. The lowest BCUT2D eigenvalue weighted by molar-refractivity contribution is 0.0454. The molecular weight excluding hydrogens is 418 g/mol. The van der Waals surface area contributed by atoms with E-state index in [2.05, 4.69) is 32.3 Å². The van der Waals surface area contributed by atoms with Crippen molar-refractivity contribution in [1.29, 1.82) is 0 Å². The highest BCUT2D eigenvalue weighted by Crippen LogP contribution is 2.41. The maximum atomic E-state index is 13.7. The van der Waals surface area contributed by atoms with Crippen molar-refractivity contribution in [3.05, 3.63) is 40.8 Å². The second-order valence-corrected chi connectivity index (χ2v) is 10.0. The van der Waals surface area contributed by atoms with E-state index in [4.69, 9.17) is 0 Å². The molecule has 2 aromatic rings. The summed E-state index contributed by atoms with van der Waals surface area (Å²) >= 11 is 0. The summed E-state index contributed by atoms with van der Waals surface area (Å²) in [6.45, 7) is 11.5. The number of carbonyl (C=O) groups excluding carboxylic acids is 2. The average molecular weight is 452 g/mol. The van der Waals surface area contributed by atoms with Crippen LogP contribution < -0.4 is 5.32 Å². The Morgan fingerprint density at radius 3 is 2.91 bits per heavy atom. The molecule has 0 aromatic carbocycles. The first-order chi connectivity index (χ1) is 15.8. The summed E-state index contributed by atoms with van der Waals surface area (Å²) in [4.78, 5) is 37.2. The highest BCUT2D eigenvalue weighted by atomic mass is 16.2. The largest absolute Gasteiger partial charge is 0.321 e. The van der Waals surface area contributed by atoms with Gasteiger partial charge in [0.15, 0.2) is 5.82 Å². The molecule has 3 aliphatic rings. The molecule has 0 aliphatic carbocycles. The first-order valence-electron chi connectivity index (χ1n) is 12.0. The van der Waals surface area contributed by atoms with Crippen LogP contribution >= 0.6 is 0 Å². The molecule has 5 heterocycles. The van der Waals surface area contributed by atoms with Gasteiger partial charge in [-0.25, -0.2) is 4.79 Å². The lowest BCUT2D eigenvalue weighted by Crippen LogP contribution is -2.60. The highest BCUT2D eigenvalue weighted by Gasteiger charge is 2.47. The van der Waals surface area contributed by atoms with Crippen LogP contribution in [0.25, 0.3) is 0 Å². The van der Waals surface area contributed by atoms with Gasteiger partial charge in [-0.2, -0.15) is 5.10 Å². The SMILES string of the molecule is CCc1ccnc(C(=O)Nc2n[nH]c3c2CN(C(=O)N2C[C@@H]4CCCN4C[C@@H]2C)C3(C)C)c1. The number of anilines is 1. The molecule has 176 valence electrons. The van der Waals surface area contributed by atoms with Crippen molar-refractivity contribution in [2.24, 2.45) is 0 Å². The number of aryl methyl sites for hydroxylation is 1. The predicted molar refractivity (Wildman–Crippen MR) is 125 cm³/mol. The molecule has 9 heteroatoms. The fourth-order valence-electron chi connectivity index (χ4n) is 5.52. The van der Waals surface area contributed by atoms with Crippen molar-refractivity contribution in [2.45, 2.75) is 71.1 Å². The molecule has 0 spiro atoms. The van der Waals surface area contributed by atoms with E-state index in [9.17, 15) is 9.59 Å². The maximum absolute atomic E-state index is 13.7. The van der Waals surface area contributed by atoms with Crippen molar-refractivity contribution in [3.8, 4) is 0 Å². The number of piperazine rings is 1. The van der Waals surface area contributed by atoms with Gasteiger partial charge in [0.2, 0.25) is 0 Å². The Kier molecular flexibility index (Phi) is 5.39. The Bertz CT molecular complexity index is 1080. The summed E-state index contributed by atoms with van der Waals surface area (Å²) in [5, 5.41) is 10.4. The first-order valence-corrected chi connectivity index (χ1v) is 12.0. The van der Waals surface area contributed by atoms with Crippen LogP contribution in [0.4, 0.5) is 10.6 Å². The molecule has 0 radical (unpaired) electrons. The molecule has 2 atom stereocenters. The molecule has 3 amide bonds. The van der Waals surface area contributed by atoms with Gasteiger partial charge in [0, 0.05) is 36.9 Å². The normalized spacial score (nSPS) is 24.0. The van der Waals surface area contributed by atoms with Crippen LogP contribution in [0.2, 0.25) is 0 Å². The number of aromatic nitrogens is 3. The summed E-state index contributed by atoms with van der Waals surface area (Å²) < 4.78 is 0. The number of H-pyrrole nitrogens is 1. The standard InChI is InChI=1S/C24H33N7O2/c1-5-16-8-9-25-19(11-16)22(32)26-21-18-14-31(24(3,4)20(18)27-28-21)23(33)30-13-17-7-6-10-29(17)12-15(30)2/h8-9,11,15,17H,5-7,10,12-14H2,1-4H3,(H2,26,27,28,32)/t15-,17-/m0/s1. The van der Waals surface area contributed by atoms with Gasteiger partial charge in [-0.05, 0) is 64.3 Å². The number of urea groups is 1. The molecule has 2 fully saturated rings. The number of nitrogens with one attached hydrogen (secondary N) is 2. The quantitative estimate of drug-likeness (QED) is 0.748. The third kappa shape index (κ3) is 3.68. The van der Waals surface area contributed by atoms with E-state index in [1.54, 1.807) is 12.3 Å². The van der Waals surface area contributed by atoms with E-state index in [-0.39, 0.29) is 18.0 Å². The minimum Gasteiger partial charge on any atom is -0.319 e. The number of aromatic amines is 1. The van der Waals surface area contributed by atoms with Crippen LogP contribution in [0.15, 0.2) is 18.3 Å². The summed E-state index contributed by atoms with van der Waals surface area (Å²) in [7, 11) is 0. The maximum Gasteiger partial charge on any atom is 0.321 e. The molecular formula is C24H33N7O2. The van der Waals surface area contributed by atoms with E-state index < -0.39 is 5.54 Å². The summed E-state index contributed by atoms with van der Waals surface area (Å²) in [6.07, 6.45) is 4.85.